The third-order valence-electron chi connectivity index (χ3n) is 5.66. The fraction of sp³-hybridized carbons (Fsp3) is 0.750. The number of aromatic nitrogens is 4. The number of alkyl halides is 1. The number of fused-ring (bicyclic) bond motifs is 1. The lowest BCUT2D eigenvalue weighted by molar-refractivity contribution is 0.457. The van der Waals surface area contributed by atoms with Crippen molar-refractivity contribution in [2.24, 2.45) is 17.9 Å². The molecule has 1 unspecified atom stereocenters. The fourth-order valence-electron chi connectivity index (χ4n) is 3.80. The molecule has 0 N–H and O–H groups in total. The van der Waals surface area contributed by atoms with Gasteiger partial charge >= 0.3 is 0 Å². The third kappa shape index (κ3) is 1.74. The van der Waals surface area contributed by atoms with Crippen molar-refractivity contribution in [1.82, 2.24) is 19.3 Å². The maximum Gasteiger partial charge on any atom is 0.159 e. The number of imidazole rings is 1. The van der Waals surface area contributed by atoms with E-state index in [4.69, 9.17) is 16.6 Å². The van der Waals surface area contributed by atoms with Crippen LogP contribution in [-0.2, 0) is 13.5 Å². The van der Waals surface area contributed by atoms with Gasteiger partial charge in [0.15, 0.2) is 5.65 Å². The van der Waals surface area contributed by atoms with E-state index >= 15 is 0 Å². The number of hydrogen-bond donors (Lipinski definition) is 0. The molecule has 0 aromatic carbocycles. The second kappa shape index (κ2) is 4.25. The molecule has 0 spiro atoms. The quantitative estimate of drug-likeness (QED) is 0.795. The zero-order chi connectivity index (χ0) is 15.7. The summed E-state index contributed by atoms with van der Waals surface area (Å²) in [4.78, 5) is 4.84. The number of nitrogens with zero attached hydrogens (tertiary/aromatic N) is 4. The summed E-state index contributed by atoms with van der Waals surface area (Å²) in [6.45, 7) is 13.4. The van der Waals surface area contributed by atoms with Crippen molar-refractivity contribution in [2.75, 3.05) is 0 Å². The number of halogens is 1. The van der Waals surface area contributed by atoms with E-state index in [0.29, 0.717) is 6.04 Å². The molecule has 2 aromatic rings. The molecule has 1 aliphatic rings. The Morgan fingerprint density at radius 2 is 1.81 bits per heavy atom. The summed E-state index contributed by atoms with van der Waals surface area (Å²) >= 11 is 6.43. The molecule has 0 aliphatic heterocycles. The van der Waals surface area contributed by atoms with E-state index in [1.807, 2.05) is 18.7 Å². The van der Waals surface area contributed by atoms with Crippen molar-refractivity contribution >= 4 is 22.8 Å². The summed E-state index contributed by atoms with van der Waals surface area (Å²) < 4.78 is 4.31. The van der Waals surface area contributed by atoms with Crippen molar-refractivity contribution < 1.29 is 0 Å². The van der Waals surface area contributed by atoms with Crippen LogP contribution in [0.15, 0.2) is 0 Å². The van der Waals surface area contributed by atoms with Gasteiger partial charge in [0.1, 0.15) is 11.3 Å². The van der Waals surface area contributed by atoms with E-state index in [9.17, 15) is 0 Å². The van der Waals surface area contributed by atoms with Gasteiger partial charge in [0.2, 0.25) is 0 Å². The van der Waals surface area contributed by atoms with Crippen molar-refractivity contribution in [1.29, 1.82) is 0 Å². The van der Waals surface area contributed by atoms with Crippen LogP contribution in [0.3, 0.4) is 0 Å². The summed E-state index contributed by atoms with van der Waals surface area (Å²) in [5.74, 6) is 0.970. The predicted molar refractivity (Wildman–Crippen MR) is 86.7 cm³/mol. The van der Waals surface area contributed by atoms with Crippen LogP contribution in [-0.4, -0.2) is 19.3 Å². The maximum absolute atomic E-state index is 6.43. The van der Waals surface area contributed by atoms with Gasteiger partial charge in [-0.2, -0.15) is 5.10 Å². The molecular formula is C16H25ClN4. The van der Waals surface area contributed by atoms with Gasteiger partial charge in [-0.05, 0) is 24.2 Å². The van der Waals surface area contributed by atoms with Crippen molar-refractivity contribution in [2.45, 2.75) is 59.4 Å². The first kappa shape index (κ1) is 14.9. The standard InChI is InChI=1S/C16H25ClN4/c1-8-10-11-13(20(7)19-10)21(12(18-11)9(2)17)14-15(3,4)16(14,5)6/h9,14H,8H2,1-7H3. The highest BCUT2D eigenvalue weighted by Crippen LogP contribution is 2.72. The lowest BCUT2D eigenvalue weighted by atomic mass is 10.0. The summed E-state index contributed by atoms with van der Waals surface area (Å²) in [7, 11) is 2.00. The largest absolute Gasteiger partial charge is 0.307 e. The van der Waals surface area contributed by atoms with Gasteiger partial charge in [-0.1, -0.05) is 34.6 Å². The highest BCUT2D eigenvalue weighted by atomic mass is 35.5. The molecule has 3 rings (SSSR count). The van der Waals surface area contributed by atoms with Gasteiger partial charge in [0, 0.05) is 13.1 Å². The highest BCUT2D eigenvalue weighted by molar-refractivity contribution is 6.20. The molecule has 1 atom stereocenters. The molecule has 0 bridgehead atoms. The lowest BCUT2D eigenvalue weighted by Gasteiger charge is -2.13. The molecule has 2 heterocycles. The average molecular weight is 309 g/mol. The number of hydrogen-bond acceptors (Lipinski definition) is 2. The summed E-state index contributed by atoms with van der Waals surface area (Å²) in [5.41, 5.74) is 3.65. The van der Waals surface area contributed by atoms with Crippen LogP contribution < -0.4 is 0 Å². The van der Waals surface area contributed by atoms with E-state index in [-0.39, 0.29) is 16.2 Å². The van der Waals surface area contributed by atoms with Crippen LogP contribution in [0.25, 0.3) is 11.2 Å². The maximum atomic E-state index is 6.43. The Morgan fingerprint density at radius 1 is 1.24 bits per heavy atom. The molecule has 1 fully saturated rings. The molecular weight excluding hydrogens is 284 g/mol. The zero-order valence-corrected chi connectivity index (χ0v) is 14.8. The second-order valence-corrected chi connectivity index (χ2v) is 8.05. The van der Waals surface area contributed by atoms with Crippen LogP contribution in [0.2, 0.25) is 0 Å². The highest BCUT2D eigenvalue weighted by Gasteiger charge is 2.67. The van der Waals surface area contributed by atoms with Gasteiger partial charge in [-0.3, -0.25) is 4.68 Å². The van der Waals surface area contributed by atoms with Crippen LogP contribution in [0.1, 0.15) is 64.5 Å². The molecule has 0 radical (unpaired) electrons. The Kier molecular flexibility index (Phi) is 3.01. The Bertz CT molecular complexity index is 691. The molecule has 21 heavy (non-hydrogen) atoms. The zero-order valence-electron chi connectivity index (χ0n) is 14.0. The van der Waals surface area contributed by atoms with E-state index in [2.05, 4.69) is 44.3 Å². The summed E-state index contributed by atoms with van der Waals surface area (Å²) in [6.07, 6.45) is 0.891. The first-order valence-electron chi connectivity index (χ1n) is 7.72. The fourth-order valence-corrected chi connectivity index (χ4v) is 3.95. The Balaban J connectivity index is 2.31. The Morgan fingerprint density at radius 3 is 2.24 bits per heavy atom. The SMILES string of the molecule is CCc1nn(C)c2c1nc(C(C)Cl)n2C1C(C)(C)C1(C)C. The molecule has 116 valence electrons. The minimum Gasteiger partial charge on any atom is -0.307 e. The Hall–Kier alpha value is -1.03. The number of aryl methyl sites for hydroxylation is 2. The Labute approximate surface area is 131 Å². The van der Waals surface area contributed by atoms with E-state index in [0.717, 1.165) is 29.1 Å². The first-order valence-corrected chi connectivity index (χ1v) is 8.16. The molecule has 5 heteroatoms. The normalized spacial score (nSPS) is 21.9. The molecule has 4 nitrogen and oxygen atoms in total. The van der Waals surface area contributed by atoms with Gasteiger partial charge in [0.25, 0.3) is 0 Å². The smallest absolute Gasteiger partial charge is 0.159 e. The van der Waals surface area contributed by atoms with Crippen LogP contribution in [0.5, 0.6) is 0 Å². The van der Waals surface area contributed by atoms with Gasteiger partial charge in [-0.15, -0.1) is 11.6 Å². The predicted octanol–water partition coefficient (Wildman–Crippen LogP) is 4.24. The topological polar surface area (TPSA) is 35.6 Å². The van der Waals surface area contributed by atoms with Gasteiger partial charge in [-0.25, -0.2) is 4.98 Å². The first-order chi connectivity index (χ1) is 9.64. The molecule has 1 saturated carbocycles. The lowest BCUT2D eigenvalue weighted by Crippen LogP contribution is -2.10. The van der Waals surface area contributed by atoms with Crippen molar-refractivity contribution in [3.05, 3.63) is 11.5 Å². The second-order valence-electron chi connectivity index (χ2n) is 7.40. The van der Waals surface area contributed by atoms with E-state index in [1.54, 1.807) is 0 Å². The van der Waals surface area contributed by atoms with Gasteiger partial charge in [0.05, 0.1) is 11.1 Å². The van der Waals surface area contributed by atoms with E-state index < -0.39 is 0 Å². The summed E-state index contributed by atoms with van der Waals surface area (Å²) in [5, 5.41) is 4.52. The van der Waals surface area contributed by atoms with Gasteiger partial charge < -0.3 is 4.57 Å². The van der Waals surface area contributed by atoms with E-state index in [1.165, 1.54) is 0 Å². The minimum atomic E-state index is -0.102. The molecule has 2 aromatic heterocycles. The molecule has 0 amide bonds. The summed E-state index contributed by atoms with van der Waals surface area (Å²) in [6, 6.07) is 0.409. The average Bonchev–Trinajstić information content (AvgIpc) is 2.75. The minimum absolute atomic E-state index is 0.102. The molecule has 0 saturated heterocycles. The molecule has 1 aliphatic carbocycles. The third-order valence-corrected chi connectivity index (χ3v) is 5.85. The van der Waals surface area contributed by atoms with Crippen molar-refractivity contribution in [3.8, 4) is 0 Å². The monoisotopic (exact) mass is 308 g/mol. The van der Waals surface area contributed by atoms with Crippen LogP contribution in [0.4, 0.5) is 0 Å². The van der Waals surface area contributed by atoms with Crippen LogP contribution in [0, 0.1) is 10.8 Å². The van der Waals surface area contributed by atoms with Crippen molar-refractivity contribution in [3.63, 3.8) is 0 Å². The number of rotatable bonds is 3. The van der Waals surface area contributed by atoms with Crippen LogP contribution >= 0.6 is 11.6 Å².